The summed E-state index contributed by atoms with van der Waals surface area (Å²) in [6.45, 7) is 14.2. The topological polar surface area (TPSA) is 0 Å². The molecule has 0 aromatic rings. The molecule has 0 heterocycles. The van der Waals surface area contributed by atoms with Gasteiger partial charge in [-0.3, -0.25) is 0 Å². The summed E-state index contributed by atoms with van der Waals surface area (Å²) in [5.41, 5.74) is 0. The van der Waals surface area contributed by atoms with E-state index in [9.17, 15) is 0 Å². The van der Waals surface area contributed by atoms with Gasteiger partial charge in [-0.15, -0.1) is 0 Å². The molecule has 0 heteroatoms. The highest BCUT2D eigenvalue weighted by Crippen LogP contribution is 2.24. The SMILES string of the molecule is CCC(CCCC(C)C)CCCC(C)CCCC(C)C. The average Bonchev–Trinajstić information content (AvgIpc) is 2.36. The van der Waals surface area contributed by atoms with Crippen LogP contribution in [0.3, 0.4) is 0 Å². The van der Waals surface area contributed by atoms with Gasteiger partial charge in [0.15, 0.2) is 0 Å². The summed E-state index contributed by atoms with van der Waals surface area (Å²) in [5.74, 6) is 3.71. The number of hydrogen-bond donors (Lipinski definition) is 0. The molecule has 0 bridgehead atoms. The lowest BCUT2D eigenvalue weighted by Crippen LogP contribution is -2.03. The molecule has 122 valence electrons. The summed E-state index contributed by atoms with van der Waals surface area (Å²) in [7, 11) is 0. The van der Waals surface area contributed by atoms with Crippen molar-refractivity contribution in [1.29, 1.82) is 0 Å². The van der Waals surface area contributed by atoms with Gasteiger partial charge in [0.05, 0.1) is 0 Å². The Balaban J connectivity index is 3.57. The van der Waals surface area contributed by atoms with Crippen LogP contribution in [0.1, 0.15) is 106 Å². The van der Waals surface area contributed by atoms with E-state index in [1.807, 2.05) is 0 Å². The van der Waals surface area contributed by atoms with Gasteiger partial charge in [-0.2, -0.15) is 0 Å². The van der Waals surface area contributed by atoms with Gasteiger partial charge in [0.2, 0.25) is 0 Å². The summed E-state index contributed by atoms with van der Waals surface area (Å²) in [4.78, 5) is 0. The molecular formula is C20H42. The molecule has 0 fully saturated rings. The molecule has 20 heavy (non-hydrogen) atoms. The Labute approximate surface area is 130 Å². The van der Waals surface area contributed by atoms with E-state index < -0.39 is 0 Å². The lowest BCUT2D eigenvalue weighted by Gasteiger charge is -2.17. The Bertz CT molecular complexity index is 192. The van der Waals surface area contributed by atoms with Crippen LogP contribution in [0.2, 0.25) is 0 Å². The summed E-state index contributed by atoms with van der Waals surface area (Å²) in [6, 6.07) is 0. The molecule has 0 N–H and O–H groups in total. The van der Waals surface area contributed by atoms with Crippen LogP contribution in [0.5, 0.6) is 0 Å². The molecule has 0 aromatic heterocycles. The first-order valence-electron chi connectivity index (χ1n) is 9.45. The fourth-order valence-electron chi connectivity index (χ4n) is 3.14. The fraction of sp³-hybridized carbons (Fsp3) is 1.00. The van der Waals surface area contributed by atoms with E-state index in [-0.39, 0.29) is 0 Å². The van der Waals surface area contributed by atoms with Gasteiger partial charge in [0.1, 0.15) is 0 Å². The lowest BCUT2D eigenvalue weighted by molar-refractivity contribution is 0.359. The maximum Gasteiger partial charge on any atom is -0.0417 e. The summed E-state index contributed by atoms with van der Waals surface area (Å²) < 4.78 is 0. The third-order valence-electron chi connectivity index (χ3n) is 4.76. The Kier molecular flexibility index (Phi) is 12.7. The van der Waals surface area contributed by atoms with Crippen molar-refractivity contribution in [2.75, 3.05) is 0 Å². The van der Waals surface area contributed by atoms with Crippen LogP contribution in [0.4, 0.5) is 0 Å². The Morgan fingerprint density at radius 3 is 1.35 bits per heavy atom. The second kappa shape index (κ2) is 12.7. The van der Waals surface area contributed by atoms with E-state index in [1.165, 1.54) is 64.2 Å². The lowest BCUT2D eigenvalue weighted by atomic mass is 9.89. The van der Waals surface area contributed by atoms with E-state index >= 15 is 0 Å². The van der Waals surface area contributed by atoms with E-state index in [0.29, 0.717) is 0 Å². The maximum atomic E-state index is 2.46. The minimum Gasteiger partial charge on any atom is -0.0651 e. The maximum absolute atomic E-state index is 2.46. The van der Waals surface area contributed by atoms with E-state index in [2.05, 4.69) is 41.5 Å². The highest BCUT2D eigenvalue weighted by molar-refractivity contribution is 4.62. The molecule has 0 saturated heterocycles. The quantitative estimate of drug-likeness (QED) is 0.328. The summed E-state index contributed by atoms with van der Waals surface area (Å²) >= 11 is 0. The summed E-state index contributed by atoms with van der Waals surface area (Å²) in [6.07, 6.45) is 14.4. The van der Waals surface area contributed by atoms with Crippen LogP contribution < -0.4 is 0 Å². The van der Waals surface area contributed by atoms with Crippen molar-refractivity contribution in [1.82, 2.24) is 0 Å². The highest BCUT2D eigenvalue weighted by Gasteiger charge is 2.09. The van der Waals surface area contributed by atoms with E-state index in [1.54, 1.807) is 0 Å². The van der Waals surface area contributed by atoms with E-state index in [4.69, 9.17) is 0 Å². The zero-order valence-corrected chi connectivity index (χ0v) is 15.4. The average molecular weight is 283 g/mol. The Morgan fingerprint density at radius 2 is 0.950 bits per heavy atom. The monoisotopic (exact) mass is 282 g/mol. The van der Waals surface area contributed by atoms with Crippen molar-refractivity contribution in [2.45, 2.75) is 106 Å². The standard InChI is InChI=1S/C20H42/c1-7-20(15-9-12-18(4)5)16-10-14-19(6)13-8-11-17(2)3/h17-20H,7-16H2,1-6H3. The molecule has 0 amide bonds. The first-order valence-corrected chi connectivity index (χ1v) is 9.45. The van der Waals surface area contributed by atoms with Crippen molar-refractivity contribution in [2.24, 2.45) is 23.7 Å². The second-order valence-electron chi connectivity index (χ2n) is 7.96. The van der Waals surface area contributed by atoms with Crippen LogP contribution >= 0.6 is 0 Å². The molecular weight excluding hydrogens is 240 g/mol. The van der Waals surface area contributed by atoms with E-state index in [0.717, 1.165) is 23.7 Å². The normalized spacial score (nSPS) is 15.0. The molecule has 0 aliphatic rings. The third-order valence-corrected chi connectivity index (χ3v) is 4.76. The molecule has 2 atom stereocenters. The highest BCUT2D eigenvalue weighted by atomic mass is 14.1. The molecule has 0 spiro atoms. The van der Waals surface area contributed by atoms with Crippen molar-refractivity contribution in [3.8, 4) is 0 Å². The van der Waals surface area contributed by atoms with Crippen LogP contribution in [0.15, 0.2) is 0 Å². The number of hydrogen-bond acceptors (Lipinski definition) is 0. The largest absolute Gasteiger partial charge is 0.0651 e. The molecule has 0 radical (unpaired) electrons. The second-order valence-corrected chi connectivity index (χ2v) is 7.96. The van der Waals surface area contributed by atoms with Gasteiger partial charge in [0, 0.05) is 0 Å². The molecule has 0 nitrogen and oxygen atoms in total. The molecule has 0 aromatic carbocycles. The first-order chi connectivity index (χ1) is 9.45. The van der Waals surface area contributed by atoms with Crippen LogP contribution in [0, 0.1) is 23.7 Å². The minimum absolute atomic E-state index is 0.882. The van der Waals surface area contributed by atoms with Crippen LogP contribution in [-0.2, 0) is 0 Å². The van der Waals surface area contributed by atoms with Crippen molar-refractivity contribution in [3.63, 3.8) is 0 Å². The van der Waals surface area contributed by atoms with Crippen LogP contribution in [-0.4, -0.2) is 0 Å². The molecule has 0 aliphatic heterocycles. The Morgan fingerprint density at radius 1 is 0.550 bits per heavy atom. The predicted molar refractivity (Wildman–Crippen MR) is 94.2 cm³/mol. The van der Waals surface area contributed by atoms with Gasteiger partial charge in [0.25, 0.3) is 0 Å². The smallest absolute Gasteiger partial charge is 0.0417 e. The predicted octanol–water partition coefficient (Wildman–Crippen LogP) is 7.47. The number of rotatable bonds is 13. The van der Waals surface area contributed by atoms with Gasteiger partial charge < -0.3 is 0 Å². The zero-order valence-electron chi connectivity index (χ0n) is 15.4. The molecule has 0 saturated carbocycles. The molecule has 0 aliphatic carbocycles. The van der Waals surface area contributed by atoms with Gasteiger partial charge in [-0.1, -0.05) is 106 Å². The van der Waals surface area contributed by atoms with Gasteiger partial charge in [-0.25, -0.2) is 0 Å². The fourth-order valence-corrected chi connectivity index (χ4v) is 3.14. The zero-order chi connectivity index (χ0) is 15.4. The van der Waals surface area contributed by atoms with Crippen molar-refractivity contribution in [3.05, 3.63) is 0 Å². The minimum atomic E-state index is 0.882. The van der Waals surface area contributed by atoms with Crippen molar-refractivity contribution >= 4 is 0 Å². The van der Waals surface area contributed by atoms with Gasteiger partial charge in [-0.05, 0) is 23.7 Å². The van der Waals surface area contributed by atoms with Gasteiger partial charge >= 0.3 is 0 Å². The summed E-state index contributed by atoms with van der Waals surface area (Å²) in [5, 5.41) is 0. The molecule has 0 rings (SSSR count). The third kappa shape index (κ3) is 13.0. The first kappa shape index (κ1) is 20.0. The molecule has 2 unspecified atom stereocenters. The van der Waals surface area contributed by atoms with Crippen LogP contribution in [0.25, 0.3) is 0 Å². The van der Waals surface area contributed by atoms with Crippen molar-refractivity contribution < 1.29 is 0 Å². The Hall–Kier alpha value is 0.